The molecule has 18 heavy (non-hydrogen) atoms. The van der Waals surface area contributed by atoms with E-state index in [-0.39, 0.29) is 6.10 Å². The number of aromatic nitrogens is 2. The van der Waals surface area contributed by atoms with Gasteiger partial charge in [0.2, 0.25) is 5.88 Å². The molecule has 1 aromatic rings. The van der Waals surface area contributed by atoms with E-state index >= 15 is 0 Å². The zero-order valence-electron chi connectivity index (χ0n) is 11.6. The summed E-state index contributed by atoms with van der Waals surface area (Å²) in [5.41, 5.74) is 6.76. The van der Waals surface area contributed by atoms with E-state index in [2.05, 4.69) is 16.9 Å². The van der Waals surface area contributed by atoms with Crippen LogP contribution in [0.2, 0.25) is 0 Å². The lowest BCUT2D eigenvalue weighted by atomic mass is 9.89. The van der Waals surface area contributed by atoms with Crippen LogP contribution in [0.5, 0.6) is 5.88 Å². The Labute approximate surface area is 109 Å². The molecule has 1 aliphatic carbocycles. The molecule has 1 heterocycles. The number of anilines is 1. The largest absolute Gasteiger partial charge is 0.474 e. The Balaban J connectivity index is 2.14. The fourth-order valence-corrected chi connectivity index (χ4v) is 2.47. The minimum absolute atomic E-state index is 0.284. The zero-order valence-corrected chi connectivity index (χ0v) is 11.6. The van der Waals surface area contributed by atoms with Crippen LogP contribution in [0.15, 0.2) is 0 Å². The summed E-state index contributed by atoms with van der Waals surface area (Å²) in [6.07, 6.45) is 5.85. The minimum atomic E-state index is 0.284. The van der Waals surface area contributed by atoms with Crippen molar-refractivity contribution in [1.82, 2.24) is 9.97 Å². The molecule has 1 aromatic heterocycles. The second-order valence-corrected chi connectivity index (χ2v) is 5.32. The monoisotopic (exact) mass is 249 g/mol. The highest BCUT2D eigenvalue weighted by atomic mass is 16.5. The zero-order chi connectivity index (χ0) is 13.1. The van der Waals surface area contributed by atoms with Gasteiger partial charge in [-0.15, -0.1) is 0 Å². The molecule has 2 atom stereocenters. The molecule has 4 nitrogen and oxygen atoms in total. The van der Waals surface area contributed by atoms with Gasteiger partial charge in [0.1, 0.15) is 17.7 Å². The third-order valence-electron chi connectivity index (χ3n) is 3.67. The van der Waals surface area contributed by atoms with Gasteiger partial charge in [-0.25, -0.2) is 4.98 Å². The van der Waals surface area contributed by atoms with E-state index < -0.39 is 0 Å². The molecule has 0 radical (unpaired) electrons. The highest BCUT2D eigenvalue weighted by Crippen LogP contribution is 2.29. The van der Waals surface area contributed by atoms with Gasteiger partial charge in [-0.3, -0.25) is 0 Å². The molecule has 0 bridgehead atoms. The van der Waals surface area contributed by atoms with Crippen molar-refractivity contribution < 1.29 is 4.74 Å². The van der Waals surface area contributed by atoms with Crippen molar-refractivity contribution in [2.45, 2.75) is 59.0 Å². The molecule has 2 rings (SSSR count). The summed E-state index contributed by atoms with van der Waals surface area (Å²) in [6, 6.07) is 0. The van der Waals surface area contributed by atoms with Crippen LogP contribution in [0, 0.1) is 12.8 Å². The van der Waals surface area contributed by atoms with Crippen LogP contribution in [-0.4, -0.2) is 16.1 Å². The summed E-state index contributed by atoms with van der Waals surface area (Å²) in [5, 5.41) is 0. The first kappa shape index (κ1) is 13.1. The Kier molecular flexibility index (Phi) is 4.04. The van der Waals surface area contributed by atoms with Gasteiger partial charge in [-0.05, 0) is 32.1 Å². The number of nitrogens with zero attached hydrogens (tertiary/aromatic N) is 2. The normalized spacial score (nSPS) is 23.9. The molecule has 0 saturated heterocycles. The first-order valence-corrected chi connectivity index (χ1v) is 6.89. The van der Waals surface area contributed by atoms with Crippen molar-refractivity contribution in [1.29, 1.82) is 0 Å². The van der Waals surface area contributed by atoms with Crippen LogP contribution in [-0.2, 0) is 6.42 Å². The van der Waals surface area contributed by atoms with Crippen molar-refractivity contribution in [2.75, 3.05) is 5.73 Å². The molecule has 0 aliphatic heterocycles. The molecular weight excluding hydrogens is 226 g/mol. The number of rotatable bonds is 3. The molecule has 1 fully saturated rings. The molecule has 2 N–H and O–H groups in total. The lowest BCUT2D eigenvalue weighted by Crippen LogP contribution is -2.25. The second kappa shape index (κ2) is 5.55. The SMILES string of the molecule is CCc1nc(N)c(C)c(OC2CCCC(C)C2)n1. The third kappa shape index (κ3) is 2.92. The summed E-state index contributed by atoms with van der Waals surface area (Å²) in [5.74, 6) is 2.73. The van der Waals surface area contributed by atoms with Gasteiger partial charge in [-0.2, -0.15) is 4.98 Å². The van der Waals surface area contributed by atoms with Crippen LogP contribution in [0.1, 0.15) is 50.9 Å². The van der Waals surface area contributed by atoms with E-state index in [1.807, 2.05) is 13.8 Å². The summed E-state index contributed by atoms with van der Waals surface area (Å²) < 4.78 is 6.05. The van der Waals surface area contributed by atoms with Crippen molar-refractivity contribution in [2.24, 2.45) is 5.92 Å². The second-order valence-electron chi connectivity index (χ2n) is 5.32. The van der Waals surface area contributed by atoms with Crippen LogP contribution < -0.4 is 10.5 Å². The first-order chi connectivity index (χ1) is 8.60. The van der Waals surface area contributed by atoms with Gasteiger partial charge in [0.15, 0.2) is 0 Å². The first-order valence-electron chi connectivity index (χ1n) is 6.89. The van der Waals surface area contributed by atoms with Crippen molar-refractivity contribution in [3.05, 3.63) is 11.4 Å². The smallest absolute Gasteiger partial charge is 0.222 e. The molecule has 1 saturated carbocycles. The Morgan fingerprint density at radius 3 is 2.78 bits per heavy atom. The Morgan fingerprint density at radius 1 is 1.33 bits per heavy atom. The van der Waals surface area contributed by atoms with Crippen molar-refractivity contribution >= 4 is 5.82 Å². The fourth-order valence-electron chi connectivity index (χ4n) is 2.47. The van der Waals surface area contributed by atoms with E-state index in [0.29, 0.717) is 11.7 Å². The quantitative estimate of drug-likeness (QED) is 0.894. The van der Waals surface area contributed by atoms with Gasteiger partial charge >= 0.3 is 0 Å². The maximum Gasteiger partial charge on any atom is 0.222 e. The molecule has 0 spiro atoms. The maximum atomic E-state index is 6.05. The summed E-state index contributed by atoms with van der Waals surface area (Å²) in [4.78, 5) is 8.70. The van der Waals surface area contributed by atoms with Crippen molar-refractivity contribution in [3.8, 4) is 5.88 Å². The maximum absolute atomic E-state index is 6.05. The molecule has 0 amide bonds. The topological polar surface area (TPSA) is 61.0 Å². The van der Waals surface area contributed by atoms with Crippen LogP contribution in [0.3, 0.4) is 0 Å². The number of aryl methyl sites for hydroxylation is 1. The predicted octanol–water partition coefficient (Wildman–Crippen LogP) is 2.89. The number of hydrogen-bond acceptors (Lipinski definition) is 4. The van der Waals surface area contributed by atoms with Gasteiger partial charge in [-0.1, -0.05) is 20.3 Å². The van der Waals surface area contributed by atoms with Crippen molar-refractivity contribution in [3.63, 3.8) is 0 Å². The van der Waals surface area contributed by atoms with Crippen LogP contribution in [0.25, 0.3) is 0 Å². The summed E-state index contributed by atoms with van der Waals surface area (Å²) >= 11 is 0. The Morgan fingerprint density at radius 2 is 2.11 bits per heavy atom. The fraction of sp³-hybridized carbons (Fsp3) is 0.714. The predicted molar refractivity (Wildman–Crippen MR) is 72.6 cm³/mol. The van der Waals surface area contributed by atoms with E-state index in [1.165, 1.54) is 12.8 Å². The number of hydrogen-bond donors (Lipinski definition) is 1. The standard InChI is InChI=1S/C14H23N3O/c1-4-12-16-13(15)10(3)14(17-12)18-11-7-5-6-9(2)8-11/h9,11H,4-8H2,1-3H3,(H2,15,16,17). The van der Waals surface area contributed by atoms with Crippen LogP contribution in [0.4, 0.5) is 5.82 Å². The lowest BCUT2D eigenvalue weighted by Gasteiger charge is -2.27. The lowest BCUT2D eigenvalue weighted by molar-refractivity contribution is 0.122. The van der Waals surface area contributed by atoms with E-state index in [1.54, 1.807) is 0 Å². The molecule has 1 aliphatic rings. The Bertz CT molecular complexity index is 420. The number of nitrogen functional groups attached to an aromatic ring is 1. The molecule has 100 valence electrons. The Hall–Kier alpha value is -1.32. The van der Waals surface area contributed by atoms with E-state index in [4.69, 9.17) is 10.5 Å². The molecule has 4 heteroatoms. The highest BCUT2D eigenvalue weighted by Gasteiger charge is 2.22. The third-order valence-corrected chi connectivity index (χ3v) is 3.67. The van der Waals surface area contributed by atoms with Gasteiger partial charge in [0.25, 0.3) is 0 Å². The summed E-state index contributed by atoms with van der Waals surface area (Å²) in [6.45, 7) is 6.24. The van der Waals surface area contributed by atoms with Gasteiger partial charge in [0.05, 0.1) is 5.56 Å². The molecule has 2 unspecified atom stereocenters. The van der Waals surface area contributed by atoms with Crippen LogP contribution >= 0.6 is 0 Å². The number of nitrogens with two attached hydrogens (primary N) is 1. The summed E-state index contributed by atoms with van der Waals surface area (Å²) in [7, 11) is 0. The number of ether oxygens (including phenoxy) is 1. The average molecular weight is 249 g/mol. The van der Waals surface area contributed by atoms with E-state index in [0.717, 1.165) is 36.6 Å². The minimum Gasteiger partial charge on any atom is -0.474 e. The molecular formula is C14H23N3O. The van der Waals surface area contributed by atoms with E-state index in [9.17, 15) is 0 Å². The molecule has 0 aromatic carbocycles. The highest BCUT2D eigenvalue weighted by molar-refractivity contribution is 5.44. The average Bonchev–Trinajstić information content (AvgIpc) is 2.34. The van der Waals surface area contributed by atoms with Gasteiger partial charge in [0, 0.05) is 6.42 Å². The van der Waals surface area contributed by atoms with Gasteiger partial charge < -0.3 is 10.5 Å².